The summed E-state index contributed by atoms with van der Waals surface area (Å²) >= 11 is 0. The predicted octanol–water partition coefficient (Wildman–Crippen LogP) is -2.48. The van der Waals surface area contributed by atoms with Gasteiger partial charge in [-0.15, -0.1) is 0 Å². The minimum atomic E-state index is -0.904. The van der Waals surface area contributed by atoms with Gasteiger partial charge in [0.15, 0.2) is 0 Å². The van der Waals surface area contributed by atoms with Crippen LogP contribution in [0.1, 0.15) is 18.2 Å². The normalized spacial score (nSPS) is 23.3. The molecule has 0 bridgehead atoms. The van der Waals surface area contributed by atoms with Crippen LogP contribution in [0.5, 0.6) is 0 Å². The molecule has 0 radical (unpaired) electrons. The Morgan fingerprint density at radius 2 is 2.14 bits per heavy atom. The van der Waals surface area contributed by atoms with Crippen LogP contribution in [-0.4, -0.2) is 50.3 Å². The SMILES string of the molecule is O=c1[nH]c(=O)n([C@H]2C[C@H](O)[C@@H](CO)O2)cc1C#CC#CCO. The molecule has 4 N–H and O–H groups in total. The minimum Gasteiger partial charge on any atom is -0.394 e. The first-order valence-electron chi connectivity index (χ1n) is 6.46. The van der Waals surface area contributed by atoms with E-state index in [1.165, 1.54) is 6.20 Å². The van der Waals surface area contributed by atoms with Crippen molar-refractivity contribution in [3.05, 3.63) is 32.6 Å². The highest BCUT2D eigenvalue weighted by atomic mass is 16.5. The second kappa shape index (κ2) is 7.07. The molecule has 1 aliphatic heterocycles. The highest BCUT2D eigenvalue weighted by molar-refractivity contribution is 5.37. The molecule has 0 amide bonds. The van der Waals surface area contributed by atoms with Gasteiger partial charge >= 0.3 is 5.69 Å². The first kappa shape index (κ1) is 16.0. The number of hydrogen-bond donors (Lipinski definition) is 4. The first-order valence-corrected chi connectivity index (χ1v) is 6.46. The highest BCUT2D eigenvalue weighted by Crippen LogP contribution is 2.27. The van der Waals surface area contributed by atoms with Gasteiger partial charge in [-0.2, -0.15) is 0 Å². The molecule has 1 aliphatic rings. The lowest BCUT2D eigenvalue weighted by atomic mass is 10.2. The van der Waals surface area contributed by atoms with Gasteiger partial charge in [0.2, 0.25) is 0 Å². The van der Waals surface area contributed by atoms with Gasteiger partial charge in [-0.3, -0.25) is 14.3 Å². The molecule has 22 heavy (non-hydrogen) atoms. The summed E-state index contributed by atoms with van der Waals surface area (Å²) in [6.45, 7) is -0.722. The summed E-state index contributed by atoms with van der Waals surface area (Å²) in [5.74, 6) is 9.48. The van der Waals surface area contributed by atoms with Crippen LogP contribution in [0.25, 0.3) is 0 Å². The van der Waals surface area contributed by atoms with E-state index in [0.717, 1.165) is 4.57 Å². The highest BCUT2D eigenvalue weighted by Gasteiger charge is 2.35. The molecule has 2 heterocycles. The third kappa shape index (κ3) is 3.45. The number of aromatic nitrogens is 2. The summed E-state index contributed by atoms with van der Waals surface area (Å²) < 4.78 is 6.46. The zero-order valence-corrected chi connectivity index (χ0v) is 11.4. The number of aliphatic hydroxyl groups is 3. The van der Waals surface area contributed by atoms with Crippen LogP contribution >= 0.6 is 0 Å². The van der Waals surface area contributed by atoms with E-state index in [4.69, 9.17) is 14.9 Å². The van der Waals surface area contributed by atoms with E-state index in [-0.39, 0.29) is 25.2 Å². The van der Waals surface area contributed by atoms with E-state index in [9.17, 15) is 14.7 Å². The lowest BCUT2D eigenvalue weighted by molar-refractivity contribution is -0.0459. The summed E-state index contributed by atoms with van der Waals surface area (Å²) in [5.41, 5.74) is -1.37. The summed E-state index contributed by atoms with van der Waals surface area (Å²) in [5, 5.41) is 27.2. The van der Waals surface area contributed by atoms with Gasteiger partial charge in [0, 0.05) is 12.6 Å². The Labute approximate surface area is 125 Å². The van der Waals surface area contributed by atoms with Gasteiger partial charge in [0.05, 0.1) is 12.7 Å². The van der Waals surface area contributed by atoms with Crippen LogP contribution in [0, 0.1) is 23.7 Å². The quantitative estimate of drug-likeness (QED) is 0.449. The summed E-state index contributed by atoms with van der Waals surface area (Å²) in [6, 6.07) is 0. The van der Waals surface area contributed by atoms with Crippen LogP contribution in [0.15, 0.2) is 15.8 Å². The van der Waals surface area contributed by atoms with Crippen LogP contribution in [-0.2, 0) is 4.74 Å². The number of rotatable bonds is 2. The molecule has 1 fully saturated rings. The number of aromatic amines is 1. The molecular formula is C14H14N2O6. The Hall–Kier alpha value is -2.36. The van der Waals surface area contributed by atoms with Crippen molar-refractivity contribution in [3.63, 3.8) is 0 Å². The standard InChI is InChI=1S/C14H14N2O6/c17-5-3-1-2-4-9-7-16(14(21)15-13(9)20)12-6-10(19)11(8-18)22-12/h7,10-12,17-19H,5-6,8H2,(H,15,20,21)/t10-,11+,12+/m0/s1. The van der Waals surface area contributed by atoms with Crippen molar-refractivity contribution in [1.29, 1.82) is 0 Å². The molecule has 116 valence electrons. The molecule has 1 aromatic heterocycles. The Balaban J connectivity index is 2.35. The van der Waals surface area contributed by atoms with Gasteiger partial charge in [0.1, 0.15) is 24.5 Å². The van der Waals surface area contributed by atoms with Gasteiger partial charge in [-0.25, -0.2) is 4.79 Å². The zero-order valence-electron chi connectivity index (χ0n) is 11.4. The van der Waals surface area contributed by atoms with Crippen molar-refractivity contribution < 1.29 is 20.1 Å². The summed E-state index contributed by atoms with van der Waals surface area (Å²) in [6.07, 6.45) is -1.17. The topological polar surface area (TPSA) is 125 Å². The average Bonchev–Trinajstić information content (AvgIpc) is 2.86. The zero-order chi connectivity index (χ0) is 16.1. The monoisotopic (exact) mass is 306 g/mol. The number of aliphatic hydroxyl groups excluding tert-OH is 3. The summed E-state index contributed by atoms with van der Waals surface area (Å²) in [7, 11) is 0. The smallest absolute Gasteiger partial charge is 0.330 e. The first-order chi connectivity index (χ1) is 10.6. The van der Waals surface area contributed by atoms with Crippen LogP contribution in [0.3, 0.4) is 0 Å². The van der Waals surface area contributed by atoms with E-state index < -0.39 is 29.7 Å². The van der Waals surface area contributed by atoms with Crippen molar-refractivity contribution >= 4 is 0 Å². The molecule has 0 aliphatic carbocycles. The van der Waals surface area contributed by atoms with E-state index in [0.29, 0.717) is 0 Å². The lowest BCUT2D eigenvalue weighted by Crippen LogP contribution is -2.33. The second-order valence-corrected chi connectivity index (χ2v) is 4.53. The predicted molar refractivity (Wildman–Crippen MR) is 74.7 cm³/mol. The molecule has 1 aromatic rings. The molecule has 0 aromatic carbocycles. The van der Waals surface area contributed by atoms with Gasteiger partial charge in [-0.1, -0.05) is 5.92 Å². The fourth-order valence-corrected chi connectivity index (χ4v) is 2.02. The largest absolute Gasteiger partial charge is 0.394 e. The van der Waals surface area contributed by atoms with Gasteiger partial charge in [0.25, 0.3) is 5.56 Å². The van der Waals surface area contributed by atoms with E-state index in [1.807, 2.05) is 0 Å². The van der Waals surface area contributed by atoms with Crippen molar-refractivity contribution in [1.82, 2.24) is 9.55 Å². The van der Waals surface area contributed by atoms with E-state index in [2.05, 4.69) is 28.7 Å². The Morgan fingerprint density at radius 3 is 2.77 bits per heavy atom. The minimum absolute atomic E-state index is 0.00243. The molecule has 3 atom stereocenters. The Bertz CT molecular complexity index is 773. The van der Waals surface area contributed by atoms with Crippen molar-refractivity contribution in [2.75, 3.05) is 13.2 Å². The summed E-state index contributed by atoms with van der Waals surface area (Å²) in [4.78, 5) is 25.6. The Kier molecular flexibility index (Phi) is 5.15. The third-order valence-electron chi connectivity index (χ3n) is 3.09. The lowest BCUT2D eigenvalue weighted by Gasteiger charge is -2.14. The fraction of sp³-hybridized carbons (Fsp3) is 0.429. The van der Waals surface area contributed by atoms with Gasteiger partial charge in [-0.05, 0) is 17.8 Å². The van der Waals surface area contributed by atoms with Crippen LogP contribution in [0.4, 0.5) is 0 Å². The average molecular weight is 306 g/mol. The molecule has 0 unspecified atom stereocenters. The maximum atomic E-state index is 11.8. The fourth-order valence-electron chi connectivity index (χ4n) is 2.02. The van der Waals surface area contributed by atoms with Crippen LogP contribution in [0.2, 0.25) is 0 Å². The molecule has 1 saturated heterocycles. The molecule has 8 nitrogen and oxygen atoms in total. The Morgan fingerprint density at radius 1 is 1.36 bits per heavy atom. The van der Waals surface area contributed by atoms with Crippen molar-refractivity contribution in [2.45, 2.75) is 24.9 Å². The second-order valence-electron chi connectivity index (χ2n) is 4.53. The maximum absolute atomic E-state index is 11.8. The van der Waals surface area contributed by atoms with E-state index in [1.54, 1.807) is 0 Å². The molecular weight excluding hydrogens is 292 g/mol. The number of nitrogens with zero attached hydrogens (tertiary/aromatic N) is 1. The molecule has 2 rings (SSSR count). The van der Waals surface area contributed by atoms with Crippen molar-refractivity contribution in [3.8, 4) is 23.7 Å². The number of ether oxygens (including phenoxy) is 1. The van der Waals surface area contributed by atoms with E-state index >= 15 is 0 Å². The number of hydrogen-bond acceptors (Lipinski definition) is 6. The maximum Gasteiger partial charge on any atom is 0.330 e. The molecule has 8 heteroatoms. The third-order valence-corrected chi connectivity index (χ3v) is 3.09. The molecule has 0 spiro atoms. The van der Waals surface area contributed by atoms with Gasteiger partial charge < -0.3 is 20.1 Å². The number of H-pyrrole nitrogens is 1. The molecule has 0 saturated carbocycles. The van der Waals surface area contributed by atoms with Crippen molar-refractivity contribution in [2.24, 2.45) is 0 Å². The van der Waals surface area contributed by atoms with Crippen LogP contribution < -0.4 is 11.2 Å². The number of nitrogens with one attached hydrogen (secondary N) is 1.